The molecule has 2 heterocycles. The highest BCUT2D eigenvalue weighted by Gasteiger charge is 2.41. The Kier molecular flexibility index (Phi) is 6.49. The summed E-state index contributed by atoms with van der Waals surface area (Å²) in [5, 5.41) is 6.76. The molecule has 0 aliphatic carbocycles. The SMILES string of the molecule is CCCNC(=O)C(C)N1C2CCCC1CC(NCCC)C2. The summed E-state index contributed by atoms with van der Waals surface area (Å²) in [6.45, 7) is 8.34. The third kappa shape index (κ3) is 4.19. The Morgan fingerprint density at radius 2 is 1.76 bits per heavy atom. The summed E-state index contributed by atoms with van der Waals surface area (Å²) < 4.78 is 0. The molecule has 4 nitrogen and oxygen atoms in total. The van der Waals surface area contributed by atoms with Crippen LogP contribution in [0.3, 0.4) is 0 Å². The molecule has 0 aromatic rings. The molecular formula is C17H33N3O. The monoisotopic (exact) mass is 295 g/mol. The molecular weight excluding hydrogens is 262 g/mol. The van der Waals surface area contributed by atoms with Crippen molar-refractivity contribution in [1.82, 2.24) is 15.5 Å². The highest BCUT2D eigenvalue weighted by atomic mass is 16.2. The molecule has 2 rings (SSSR count). The van der Waals surface area contributed by atoms with Crippen LogP contribution >= 0.6 is 0 Å². The first-order chi connectivity index (χ1) is 10.2. The summed E-state index contributed by atoms with van der Waals surface area (Å²) in [4.78, 5) is 14.8. The molecule has 21 heavy (non-hydrogen) atoms. The van der Waals surface area contributed by atoms with Gasteiger partial charge in [-0.2, -0.15) is 0 Å². The number of nitrogens with one attached hydrogen (secondary N) is 2. The molecule has 2 saturated heterocycles. The average molecular weight is 295 g/mol. The van der Waals surface area contributed by atoms with Gasteiger partial charge in [0.25, 0.3) is 0 Å². The Morgan fingerprint density at radius 3 is 2.33 bits per heavy atom. The Morgan fingerprint density at radius 1 is 1.14 bits per heavy atom. The lowest BCUT2D eigenvalue weighted by atomic mass is 9.80. The molecule has 0 aromatic heterocycles. The van der Waals surface area contributed by atoms with Crippen LogP contribution in [0.15, 0.2) is 0 Å². The first kappa shape index (κ1) is 16.8. The van der Waals surface area contributed by atoms with Crippen LogP contribution < -0.4 is 10.6 Å². The van der Waals surface area contributed by atoms with Crippen LogP contribution in [0.25, 0.3) is 0 Å². The van der Waals surface area contributed by atoms with E-state index >= 15 is 0 Å². The first-order valence-electron chi connectivity index (χ1n) is 8.95. The van der Waals surface area contributed by atoms with Crippen molar-refractivity contribution >= 4 is 5.91 Å². The van der Waals surface area contributed by atoms with Gasteiger partial charge < -0.3 is 10.6 Å². The molecule has 4 heteroatoms. The van der Waals surface area contributed by atoms with Gasteiger partial charge >= 0.3 is 0 Å². The van der Waals surface area contributed by atoms with Crippen molar-refractivity contribution in [3.63, 3.8) is 0 Å². The quantitative estimate of drug-likeness (QED) is 0.757. The van der Waals surface area contributed by atoms with Crippen molar-refractivity contribution in [1.29, 1.82) is 0 Å². The van der Waals surface area contributed by atoms with E-state index in [1.165, 1.54) is 38.5 Å². The van der Waals surface area contributed by atoms with Crippen LogP contribution in [-0.2, 0) is 4.79 Å². The first-order valence-corrected chi connectivity index (χ1v) is 8.95. The molecule has 3 atom stereocenters. The van der Waals surface area contributed by atoms with E-state index in [4.69, 9.17) is 0 Å². The van der Waals surface area contributed by atoms with Gasteiger partial charge in [-0.15, -0.1) is 0 Å². The van der Waals surface area contributed by atoms with Gasteiger partial charge in [0.2, 0.25) is 5.91 Å². The summed E-state index contributed by atoms with van der Waals surface area (Å²) in [6, 6.07) is 1.87. The van der Waals surface area contributed by atoms with E-state index < -0.39 is 0 Å². The van der Waals surface area contributed by atoms with E-state index in [1.54, 1.807) is 0 Å². The van der Waals surface area contributed by atoms with Crippen molar-refractivity contribution in [2.75, 3.05) is 13.1 Å². The summed E-state index contributed by atoms with van der Waals surface area (Å²) in [5.74, 6) is 0.216. The van der Waals surface area contributed by atoms with Gasteiger partial charge in [-0.3, -0.25) is 9.69 Å². The fourth-order valence-electron chi connectivity index (χ4n) is 4.10. The molecule has 122 valence electrons. The van der Waals surface area contributed by atoms with Gasteiger partial charge in [0.05, 0.1) is 6.04 Å². The number of nitrogens with zero attached hydrogens (tertiary/aromatic N) is 1. The fraction of sp³-hybridized carbons (Fsp3) is 0.941. The number of hydrogen-bond donors (Lipinski definition) is 2. The van der Waals surface area contributed by atoms with Crippen LogP contribution in [-0.4, -0.2) is 48.1 Å². The molecule has 3 unspecified atom stereocenters. The number of piperidine rings is 2. The van der Waals surface area contributed by atoms with Crippen molar-refractivity contribution in [2.45, 2.75) is 89.9 Å². The predicted octanol–water partition coefficient (Wildman–Crippen LogP) is 2.29. The molecule has 2 aliphatic heterocycles. The van der Waals surface area contributed by atoms with Crippen LogP contribution in [0, 0.1) is 0 Å². The summed E-state index contributed by atoms with van der Waals surface area (Å²) in [7, 11) is 0. The fourth-order valence-corrected chi connectivity index (χ4v) is 4.10. The third-order valence-electron chi connectivity index (χ3n) is 5.09. The molecule has 2 fully saturated rings. The lowest BCUT2D eigenvalue weighted by Gasteiger charge is -2.51. The molecule has 2 bridgehead atoms. The summed E-state index contributed by atoms with van der Waals surface area (Å²) in [6.07, 6.45) is 8.47. The standard InChI is InChI=1S/C17H33N3O/c1-4-9-18-14-11-15-7-6-8-16(12-14)20(15)13(3)17(21)19-10-5-2/h13-16,18H,4-12H2,1-3H3,(H,19,21). The Balaban J connectivity index is 1.95. The highest BCUT2D eigenvalue weighted by molar-refractivity contribution is 5.81. The molecule has 0 spiro atoms. The molecule has 2 aliphatic rings. The minimum atomic E-state index is 0.0268. The second-order valence-corrected chi connectivity index (χ2v) is 6.78. The van der Waals surface area contributed by atoms with Crippen molar-refractivity contribution in [3.8, 4) is 0 Å². The Hall–Kier alpha value is -0.610. The zero-order valence-electron chi connectivity index (χ0n) is 14.0. The zero-order chi connectivity index (χ0) is 15.2. The topological polar surface area (TPSA) is 44.4 Å². The molecule has 0 aromatic carbocycles. The third-order valence-corrected chi connectivity index (χ3v) is 5.09. The van der Waals surface area contributed by atoms with Crippen LogP contribution in [0.4, 0.5) is 0 Å². The summed E-state index contributed by atoms with van der Waals surface area (Å²) in [5.41, 5.74) is 0. The van der Waals surface area contributed by atoms with Gasteiger partial charge in [0.1, 0.15) is 0 Å². The minimum absolute atomic E-state index is 0.0268. The lowest BCUT2D eigenvalue weighted by molar-refractivity contribution is -0.130. The number of amides is 1. The molecule has 0 radical (unpaired) electrons. The van der Waals surface area contributed by atoms with E-state index in [0.717, 1.165) is 19.5 Å². The Labute approximate surface area is 130 Å². The Bertz CT molecular complexity index is 320. The maximum atomic E-state index is 12.3. The van der Waals surface area contributed by atoms with E-state index in [1.807, 2.05) is 0 Å². The van der Waals surface area contributed by atoms with Gasteiger partial charge in [0, 0.05) is 24.7 Å². The predicted molar refractivity (Wildman–Crippen MR) is 87.3 cm³/mol. The maximum Gasteiger partial charge on any atom is 0.237 e. The molecule has 1 amide bonds. The van der Waals surface area contributed by atoms with Crippen LogP contribution in [0.5, 0.6) is 0 Å². The number of fused-ring (bicyclic) bond motifs is 2. The van der Waals surface area contributed by atoms with Gasteiger partial charge in [-0.1, -0.05) is 20.3 Å². The second kappa shape index (κ2) is 8.14. The molecule has 2 N–H and O–H groups in total. The highest BCUT2D eigenvalue weighted by Crippen LogP contribution is 2.35. The van der Waals surface area contributed by atoms with E-state index in [-0.39, 0.29) is 11.9 Å². The van der Waals surface area contributed by atoms with Gasteiger partial charge in [0.15, 0.2) is 0 Å². The van der Waals surface area contributed by atoms with Gasteiger partial charge in [-0.05, 0) is 52.0 Å². The zero-order valence-corrected chi connectivity index (χ0v) is 14.0. The lowest BCUT2D eigenvalue weighted by Crippen LogP contribution is -2.61. The normalized spacial score (nSPS) is 30.9. The molecule has 0 saturated carbocycles. The van der Waals surface area contributed by atoms with Crippen LogP contribution in [0.1, 0.15) is 65.7 Å². The number of hydrogen-bond acceptors (Lipinski definition) is 3. The smallest absolute Gasteiger partial charge is 0.237 e. The summed E-state index contributed by atoms with van der Waals surface area (Å²) >= 11 is 0. The van der Waals surface area contributed by atoms with E-state index in [0.29, 0.717) is 18.1 Å². The van der Waals surface area contributed by atoms with Gasteiger partial charge in [-0.25, -0.2) is 0 Å². The number of carbonyl (C=O) groups is 1. The van der Waals surface area contributed by atoms with E-state index in [9.17, 15) is 4.79 Å². The number of rotatable bonds is 7. The van der Waals surface area contributed by atoms with Crippen LogP contribution in [0.2, 0.25) is 0 Å². The second-order valence-electron chi connectivity index (χ2n) is 6.78. The average Bonchev–Trinajstić information content (AvgIpc) is 2.48. The van der Waals surface area contributed by atoms with Crippen molar-refractivity contribution in [3.05, 3.63) is 0 Å². The maximum absolute atomic E-state index is 12.3. The minimum Gasteiger partial charge on any atom is -0.355 e. The van der Waals surface area contributed by atoms with Crippen molar-refractivity contribution in [2.24, 2.45) is 0 Å². The van der Waals surface area contributed by atoms with Crippen molar-refractivity contribution < 1.29 is 4.79 Å². The largest absolute Gasteiger partial charge is 0.355 e. The number of carbonyl (C=O) groups excluding carboxylic acids is 1. The van der Waals surface area contributed by atoms with E-state index in [2.05, 4.69) is 36.3 Å².